The van der Waals surface area contributed by atoms with Crippen LogP contribution in [-0.2, 0) is 4.74 Å². The lowest BCUT2D eigenvalue weighted by Gasteiger charge is -2.06. The molecule has 1 atom stereocenters. The summed E-state index contributed by atoms with van der Waals surface area (Å²) in [5, 5.41) is 0.511. The summed E-state index contributed by atoms with van der Waals surface area (Å²) in [6.07, 6.45) is 0.231. The van der Waals surface area contributed by atoms with Gasteiger partial charge in [-0.3, -0.25) is 0 Å². The molecule has 4 nitrogen and oxygen atoms in total. The number of benzene rings is 1. The summed E-state index contributed by atoms with van der Waals surface area (Å²) < 4.78 is 20.9. The minimum atomic E-state index is 0.213. The van der Waals surface area contributed by atoms with Crippen LogP contribution >= 0.6 is 11.6 Å². The zero-order valence-corrected chi connectivity index (χ0v) is 8.62. The minimum Gasteiger partial charge on any atom is -0.491 e. The van der Waals surface area contributed by atoms with Gasteiger partial charge in [-0.15, -0.1) is 0 Å². The topological polar surface area (TPSA) is 40.2 Å². The molecule has 0 radical (unpaired) electrons. The van der Waals surface area contributed by atoms with Crippen LogP contribution < -0.4 is 14.2 Å². The fraction of sp³-hybridized carbons (Fsp3) is 0.400. The van der Waals surface area contributed by atoms with Crippen LogP contribution in [-0.4, -0.2) is 26.1 Å². The summed E-state index contributed by atoms with van der Waals surface area (Å²) in [6.45, 7) is 1.54. The van der Waals surface area contributed by atoms with Crippen LogP contribution in [0.15, 0.2) is 12.1 Å². The lowest BCUT2D eigenvalue weighted by Crippen LogP contribution is -2.03. The van der Waals surface area contributed by atoms with E-state index < -0.39 is 0 Å². The third-order valence-electron chi connectivity index (χ3n) is 2.24. The molecule has 2 aliphatic heterocycles. The first-order chi connectivity index (χ1) is 7.33. The highest BCUT2D eigenvalue weighted by Gasteiger charge is 2.24. The van der Waals surface area contributed by atoms with Gasteiger partial charge in [-0.2, -0.15) is 0 Å². The summed E-state index contributed by atoms with van der Waals surface area (Å²) in [5.41, 5.74) is 0. The van der Waals surface area contributed by atoms with Crippen molar-refractivity contribution in [1.29, 1.82) is 0 Å². The summed E-state index contributed by atoms with van der Waals surface area (Å²) >= 11 is 5.99. The van der Waals surface area contributed by atoms with Crippen LogP contribution in [0.4, 0.5) is 0 Å². The maximum absolute atomic E-state index is 5.99. The van der Waals surface area contributed by atoms with Gasteiger partial charge in [0.15, 0.2) is 11.5 Å². The van der Waals surface area contributed by atoms with Gasteiger partial charge in [0.05, 0.1) is 11.6 Å². The maximum atomic E-state index is 5.99. The van der Waals surface area contributed by atoms with E-state index in [2.05, 4.69) is 0 Å². The molecule has 3 rings (SSSR count). The van der Waals surface area contributed by atoms with Crippen LogP contribution in [0.2, 0.25) is 5.02 Å². The Hall–Kier alpha value is -1.13. The van der Waals surface area contributed by atoms with Crippen molar-refractivity contribution < 1.29 is 18.9 Å². The predicted octanol–water partition coefficient (Wildman–Crippen LogP) is 1.85. The van der Waals surface area contributed by atoms with Gasteiger partial charge < -0.3 is 18.9 Å². The molecule has 2 aliphatic rings. The number of hydrogen-bond acceptors (Lipinski definition) is 4. The first-order valence-electron chi connectivity index (χ1n) is 4.66. The Kier molecular flexibility index (Phi) is 2.11. The van der Waals surface area contributed by atoms with Crippen molar-refractivity contribution in [2.45, 2.75) is 6.10 Å². The highest BCUT2D eigenvalue weighted by molar-refractivity contribution is 6.32. The largest absolute Gasteiger partial charge is 0.491 e. The van der Waals surface area contributed by atoms with Crippen molar-refractivity contribution >= 4 is 11.6 Å². The number of ether oxygens (including phenoxy) is 4. The second kappa shape index (κ2) is 3.47. The third kappa shape index (κ3) is 1.82. The molecule has 0 amide bonds. The van der Waals surface area contributed by atoms with E-state index >= 15 is 0 Å². The zero-order chi connectivity index (χ0) is 10.3. The molecule has 0 spiro atoms. The van der Waals surface area contributed by atoms with Crippen LogP contribution in [0.1, 0.15) is 0 Å². The van der Waals surface area contributed by atoms with Gasteiger partial charge in [0.25, 0.3) is 0 Å². The van der Waals surface area contributed by atoms with E-state index in [1.807, 2.05) is 0 Å². The monoisotopic (exact) mass is 228 g/mol. The molecule has 1 saturated heterocycles. The van der Waals surface area contributed by atoms with E-state index in [0.29, 0.717) is 28.9 Å². The Labute approximate surface area is 91.6 Å². The van der Waals surface area contributed by atoms with Gasteiger partial charge in [0.1, 0.15) is 18.5 Å². The van der Waals surface area contributed by atoms with E-state index in [1.165, 1.54) is 0 Å². The summed E-state index contributed by atoms with van der Waals surface area (Å²) in [6, 6.07) is 3.49. The smallest absolute Gasteiger partial charge is 0.231 e. The number of hydrogen-bond donors (Lipinski definition) is 0. The third-order valence-corrected chi connectivity index (χ3v) is 2.52. The number of halogens is 1. The van der Waals surface area contributed by atoms with Gasteiger partial charge >= 0.3 is 0 Å². The normalized spacial score (nSPS) is 21.5. The first-order valence-corrected chi connectivity index (χ1v) is 5.04. The number of epoxide rings is 1. The number of rotatable bonds is 3. The Bertz CT molecular complexity index is 389. The van der Waals surface area contributed by atoms with Crippen molar-refractivity contribution in [1.82, 2.24) is 0 Å². The summed E-state index contributed by atoms with van der Waals surface area (Å²) in [5.74, 6) is 1.90. The Morgan fingerprint density at radius 2 is 2.27 bits per heavy atom. The summed E-state index contributed by atoms with van der Waals surface area (Å²) in [7, 11) is 0. The van der Waals surface area contributed by atoms with E-state index in [0.717, 1.165) is 6.61 Å². The fourth-order valence-electron chi connectivity index (χ4n) is 1.38. The average molecular weight is 229 g/mol. The molecule has 1 aromatic carbocycles. The van der Waals surface area contributed by atoms with Crippen molar-refractivity contribution in [2.75, 3.05) is 20.0 Å². The second-order valence-electron chi connectivity index (χ2n) is 3.41. The molecule has 0 saturated carbocycles. The number of fused-ring (bicyclic) bond motifs is 1. The fourth-order valence-corrected chi connectivity index (χ4v) is 1.64. The van der Waals surface area contributed by atoms with Crippen molar-refractivity contribution in [3.63, 3.8) is 0 Å². The molecule has 5 heteroatoms. The molecule has 1 fully saturated rings. The van der Waals surface area contributed by atoms with Gasteiger partial charge in [0.2, 0.25) is 6.79 Å². The Morgan fingerprint density at radius 3 is 3.07 bits per heavy atom. The molecule has 0 N–H and O–H groups in total. The van der Waals surface area contributed by atoms with Crippen LogP contribution in [0.5, 0.6) is 17.2 Å². The molecule has 2 heterocycles. The molecule has 1 aromatic rings. The van der Waals surface area contributed by atoms with E-state index in [1.54, 1.807) is 12.1 Å². The quantitative estimate of drug-likeness (QED) is 0.741. The lowest BCUT2D eigenvalue weighted by molar-refractivity contribution is 0.173. The Balaban J connectivity index is 1.79. The highest BCUT2D eigenvalue weighted by Crippen LogP contribution is 2.42. The van der Waals surface area contributed by atoms with Crippen molar-refractivity contribution in [3.8, 4) is 17.2 Å². The van der Waals surface area contributed by atoms with Gasteiger partial charge in [-0.1, -0.05) is 11.6 Å². The van der Waals surface area contributed by atoms with Gasteiger partial charge in [-0.05, 0) is 0 Å². The summed E-state index contributed by atoms with van der Waals surface area (Å²) in [4.78, 5) is 0. The first kappa shape index (κ1) is 9.12. The average Bonchev–Trinajstić information content (AvgIpc) is 2.93. The predicted molar refractivity (Wildman–Crippen MR) is 52.8 cm³/mol. The highest BCUT2D eigenvalue weighted by atomic mass is 35.5. The molecule has 0 bridgehead atoms. The van der Waals surface area contributed by atoms with Gasteiger partial charge in [-0.25, -0.2) is 0 Å². The molecular formula is C10H9ClO4. The van der Waals surface area contributed by atoms with Gasteiger partial charge in [0, 0.05) is 12.1 Å². The second-order valence-corrected chi connectivity index (χ2v) is 3.81. The van der Waals surface area contributed by atoms with Crippen molar-refractivity contribution in [2.24, 2.45) is 0 Å². The molecule has 0 aromatic heterocycles. The standard InChI is InChI=1S/C10H9ClO4/c11-8-1-6(12-3-7-4-13-7)2-9-10(8)15-5-14-9/h1-2,7H,3-5H2. The SMILES string of the molecule is Clc1cc(OCC2CO2)cc2c1OCO2. The van der Waals surface area contributed by atoms with Crippen LogP contribution in [0.3, 0.4) is 0 Å². The Morgan fingerprint density at radius 1 is 1.40 bits per heavy atom. The van der Waals surface area contributed by atoms with Crippen LogP contribution in [0, 0.1) is 0 Å². The molecule has 15 heavy (non-hydrogen) atoms. The lowest BCUT2D eigenvalue weighted by atomic mass is 10.3. The molecular weight excluding hydrogens is 220 g/mol. The van der Waals surface area contributed by atoms with Crippen molar-refractivity contribution in [3.05, 3.63) is 17.2 Å². The van der Waals surface area contributed by atoms with E-state index in [4.69, 9.17) is 30.5 Å². The maximum Gasteiger partial charge on any atom is 0.231 e. The molecule has 1 unspecified atom stereocenters. The minimum absolute atomic E-state index is 0.213. The van der Waals surface area contributed by atoms with E-state index in [-0.39, 0.29) is 12.9 Å². The van der Waals surface area contributed by atoms with E-state index in [9.17, 15) is 0 Å². The molecule has 0 aliphatic carbocycles. The zero-order valence-electron chi connectivity index (χ0n) is 7.86. The van der Waals surface area contributed by atoms with Crippen LogP contribution in [0.25, 0.3) is 0 Å². The molecule has 80 valence electrons.